The lowest BCUT2D eigenvalue weighted by molar-refractivity contribution is -0.162. The highest BCUT2D eigenvalue weighted by atomic mass is 79.9. The van der Waals surface area contributed by atoms with Crippen molar-refractivity contribution in [3.8, 4) is 0 Å². The first kappa shape index (κ1) is 15.2. The molecule has 1 saturated heterocycles. The Bertz CT molecular complexity index is 119. The van der Waals surface area contributed by atoms with Gasteiger partial charge in [-0.15, -0.1) is 0 Å². The molecule has 82 valence electrons. The second kappa shape index (κ2) is 10.7. The fourth-order valence-electron chi connectivity index (χ4n) is 1.43. The van der Waals surface area contributed by atoms with E-state index < -0.39 is 0 Å². The molecule has 1 heterocycles. The molecule has 0 N–H and O–H groups in total. The molecule has 0 radical (unpaired) electrons. The molecule has 0 aromatic heterocycles. The summed E-state index contributed by atoms with van der Waals surface area (Å²) in [6.45, 7) is 1.74. The Morgan fingerprint density at radius 1 is 1.21 bits per heavy atom. The van der Waals surface area contributed by atoms with Crippen LogP contribution in [0.5, 0.6) is 0 Å². The van der Waals surface area contributed by atoms with Crippen LogP contribution in [0.1, 0.15) is 38.5 Å². The Morgan fingerprint density at radius 3 is 2.71 bits per heavy atom. The summed E-state index contributed by atoms with van der Waals surface area (Å²) in [5.41, 5.74) is 0. The van der Waals surface area contributed by atoms with Crippen molar-refractivity contribution in [1.82, 2.24) is 0 Å². The van der Waals surface area contributed by atoms with E-state index in [0.717, 1.165) is 31.4 Å². The predicted octanol–water partition coefficient (Wildman–Crippen LogP) is 2.18. The summed E-state index contributed by atoms with van der Waals surface area (Å²) in [6, 6.07) is 0. The van der Waals surface area contributed by atoms with Gasteiger partial charge in [0.25, 0.3) is 0 Å². The topological polar surface area (TPSA) is 18.5 Å². The minimum absolute atomic E-state index is 0. The molecule has 1 aliphatic heterocycles. The summed E-state index contributed by atoms with van der Waals surface area (Å²) in [5.74, 6) is 0. The van der Waals surface area contributed by atoms with Crippen LogP contribution < -0.4 is 0 Å². The normalized spacial score (nSPS) is 21.6. The first-order valence-corrected chi connectivity index (χ1v) is 6.35. The molecular weight excluding hydrogens is 256 g/mol. The predicted molar refractivity (Wildman–Crippen MR) is 65.7 cm³/mol. The van der Waals surface area contributed by atoms with Crippen molar-refractivity contribution in [2.24, 2.45) is 0 Å². The molecule has 0 saturated carbocycles. The summed E-state index contributed by atoms with van der Waals surface area (Å²) in [5, 5.41) is 1.10. The summed E-state index contributed by atoms with van der Waals surface area (Å²) in [6.07, 6.45) is 7.28. The van der Waals surface area contributed by atoms with E-state index in [4.69, 9.17) is 9.47 Å². The summed E-state index contributed by atoms with van der Waals surface area (Å²) in [7, 11) is 0. The summed E-state index contributed by atoms with van der Waals surface area (Å²) in [4.78, 5) is 0. The molecule has 1 fully saturated rings. The van der Waals surface area contributed by atoms with Crippen molar-refractivity contribution in [3.63, 3.8) is 0 Å². The van der Waals surface area contributed by atoms with Crippen molar-refractivity contribution in [3.05, 3.63) is 0 Å². The van der Waals surface area contributed by atoms with Crippen LogP contribution in [0.15, 0.2) is 0 Å². The first-order chi connectivity index (χ1) is 6.43. The van der Waals surface area contributed by atoms with Crippen LogP contribution in [-0.4, -0.2) is 47.9 Å². The third-order valence-corrected chi connectivity index (χ3v) is 2.78. The van der Waals surface area contributed by atoms with Gasteiger partial charge in [0.1, 0.15) is 0 Å². The molecule has 0 bridgehead atoms. The van der Waals surface area contributed by atoms with Crippen molar-refractivity contribution >= 4 is 39.0 Å². The van der Waals surface area contributed by atoms with E-state index in [2.05, 4.69) is 15.9 Å². The number of unbranched alkanes of at least 4 members (excludes halogenated alkanes) is 2. The zero-order valence-electron chi connectivity index (χ0n) is 8.14. The van der Waals surface area contributed by atoms with E-state index in [1.165, 1.54) is 25.7 Å². The summed E-state index contributed by atoms with van der Waals surface area (Å²) < 4.78 is 11.0. The van der Waals surface area contributed by atoms with E-state index in [1.807, 2.05) is 0 Å². The molecule has 0 spiro atoms. The zero-order valence-corrected chi connectivity index (χ0v) is 9.72. The number of hydrogen-bond donors (Lipinski definition) is 0. The molecule has 1 unspecified atom stereocenters. The minimum atomic E-state index is 0. The maximum atomic E-state index is 5.59. The van der Waals surface area contributed by atoms with Crippen LogP contribution >= 0.6 is 15.9 Å². The Kier molecular flexibility index (Phi) is 11.6. The molecule has 0 aromatic rings. The number of hydrogen-bond acceptors (Lipinski definition) is 2. The lowest BCUT2D eigenvalue weighted by Crippen LogP contribution is -2.22. The van der Waals surface area contributed by atoms with E-state index >= 15 is 0 Å². The fourth-order valence-corrected chi connectivity index (χ4v) is 1.83. The number of alkyl halides is 1. The lowest BCUT2D eigenvalue weighted by Gasteiger charge is -2.22. The van der Waals surface area contributed by atoms with Gasteiger partial charge < -0.3 is 9.47 Å². The van der Waals surface area contributed by atoms with Gasteiger partial charge in [-0.1, -0.05) is 22.4 Å². The van der Waals surface area contributed by atoms with Gasteiger partial charge in [-0.3, -0.25) is 0 Å². The second-order valence-corrected chi connectivity index (χ2v) is 4.21. The molecular formula is C10H21BrMgO2. The van der Waals surface area contributed by atoms with Crippen LogP contribution in [0.2, 0.25) is 0 Å². The van der Waals surface area contributed by atoms with Gasteiger partial charge in [0.05, 0.1) is 0 Å². The molecule has 4 heteroatoms. The van der Waals surface area contributed by atoms with Crippen molar-refractivity contribution < 1.29 is 9.47 Å². The number of rotatable bonds is 6. The highest BCUT2D eigenvalue weighted by molar-refractivity contribution is 9.09. The van der Waals surface area contributed by atoms with Gasteiger partial charge in [0.15, 0.2) is 6.29 Å². The molecule has 0 aliphatic carbocycles. The van der Waals surface area contributed by atoms with Gasteiger partial charge in [0, 0.05) is 18.5 Å². The Hall–Kier alpha value is 1.17. The third-order valence-electron chi connectivity index (χ3n) is 2.22. The van der Waals surface area contributed by atoms with Crippen molar-refractivity contribution in [2.45, 2.75) is 44.8 Å². The van der Waals surface area contributed by atoms with Gasteiger partial charge in [-0.25, -0.2) is 0 Å². The molecule has 2 nitrogen and oxygen atoms in total. The average Bonchev–Trinajstić information content (AvgIpc) is 2.19. The number of halogens is 1. The highest BCUT2D eigenvalue weighted by Gasteiger charge is 2.12. The van der Waals surface area contributed by atoms with Crippen LogP contribution in [0, 0.1) is 0 Å². The fraction of sp³-hybridized carbons (Fsp3) is 1.00. The van der Waals surface area contributed by atoms with Crippen molar-refractivity contribution in [2.75, 3.05) is 18.5 Å². The van der Waals surface area contributed by atoms with Crippen LogP contribution in [0.3, 0.4) is 0 Å². The molecule has 1 atom stereocenters. The van der Waals surface area contributed by atoms with Crippen LogP contribution in [-0.2, 0) is 9.47 Å². The lowest BCUT2D eigenvalue weighted by atomic mass is 10.2. The molecule has 1 aliphatic rings. The Balaban J connectivity index is 0.00000169. The molecule has 0 aromatic carbocycles. The maximum Gasteiger partial charge on any atom is 0.316 e. The Labute approximate surface area is 111 Å². The quantitative estimate of drug-likeness (QED) is 0.421. The highest BCUT2D eigenvalue weighted by Crippen LogP contribution is 2.14. The second-order valence-electron chi connectivity index (χ2n) is 3.42. The molecule has 1 rings (SSSR count). The molecule has 0 amide bonds. The van der Waals surface area contributed by atoms with Gasteiger partial charge in [-0.2, -0.15) is 0 Å². The van der Waals surface area contributed by atoms with Crippen molar-refractivity contribution in [1.29, 1.82) is 0 Å². The van der Waals surface area contributed by atoms with Gasteiger partial charge in [0.2, 0.25) is 0 Å². The largest absolute Gasteiger partial charge is 0.353 e. The first-order valence-electron chi connectivity index (χ1n) is 5.22. The van der Waals surface area contributed by atoms with E-state index in [0.29, 0.717) is 0 Å². The van der Waals surface area contributed by atoms with Crippen LogP contribution in [0.4, 0.5) is 0 Å². The zero-order chi connectivity index (χ0) is 9.36. The van der Waals surface area contributed by atoms with E-state index in [9.17, 15) is 0 Å². The Morgan fingerprint density at radius 2 is 2.07 bits per heavy atom. The average molecular weight is 277 g/mol. The summed E-state index contributed by atoms with van der Waals surface area (Å²) >= 11 is 3.41. The smallest absolute Gasteiger partial charge is 0.316 e. The standard InChI is InChI=1S/C10H19BrO2.Mg.2H/c11-7-3-1-4-8-12-10-6-2-5-9-13-10;;;/h10H,1-9H2;;;. The van der Waals surface area contributed by atoms with E-state index in [-0.39, 0.29) is 29.3 Å². The maximum absolute atomic E-state index is 5.59. The van der Waals surface area contributed by atoms with E-state index in [1.54, 1.807) is 0 Å². The minimum Gasteiger partial charge on any atom is -0.353 e. The monoisotopic (exact) mass is 276 g/mol. The third kappa shape index (κ3) is 7.46. The SMILES string of the molecule is BrCCCCCOC1CCCCO1.[MgH2]. The number of ether oxygens (including phenoxy) is 2. The van der Waals surface area contributed by atoms with Crippen LogP contribution in [0.25, 0.3) is 0 Å². The van der Waals surface area contributed by atoms with Gasteiger partial charge >= 0.3 is 23.1 Å². The molecule has 14 heavy (non-hydrogen) atoms. The van der Waals surface area contributed by atoms with Gasteiger partial charge in [-0.05, 0) is 32.1 Å².